The molecule has 2 amide bonds. The van der Waals surface area contributed by atoms with Crippen LogP contribution in [-0.2, 0) is 6.54 Å². The van der Waals surface area contributed by atoms with E-state index in [1.807, 2.05) is 0 Å². The fraction of sp³-hybridized carbons (Fsp3) is 0.333. The van der Waals surface area contributed by atoms with Crippen LogP contribution in [0.15, 0.2) is 12.3 Å². The molecule has 0 saturated carbocycles. The minimum absolute atomic E-state index is 0.445. The van der Waals surface area contributed by atoms with Gasteiger partial charge in [-0.15, -0.1) is 0 Å². The number of primary amides is 1. The minimum atomic E-state index is -0.445. The molecule has 5 nitrogen and oxygen atoms in total. The van der Waals surface area contributed by atoms with E-state index in [0.29, 0.717) is 6.54 Å². The zero-order valence-corrected chi connectivity index (χ0v) is 6.24. The van der Waals surface area contributed by atoms with E-state index in [9.17, 15) is 4.79 Å². The second-order valence-corrected chi connectivity index (χ2v) is 2.28. The predicted molar refractivity (Wildman–Crippen MR) is 39.6 cm³/mol. The zero-order valence-electron chi connectivity index (χ0n) is 6.24. The van der Waals surface area contributed by atoms with Gasteiger partial charge in [-0.05, 0) is 6.07 Å². The van der Waals surface area contributed by atoms with Gasteiger partial charge in [-0.1, -0.05) is 0 Å². The molecule has 0 unspecified atom stereocenters. The van der Waals surface area contributed by atoms with Gasteiger partial charge in [-0.25, -0.2) is 4.79 Å². The molecule has 0 aromatic carbocycles. The van der Waals surface area contributed by atoms with E-state index in [4.69, 9.17) is 5.73 Å². The Morgan fingerprint density at radius 1 is 1.91 bits per heavy atom. The maximum absolute atomic E-state index is 10.5. The third-order valence-corrected chi connectivity index (χ3v) is 1.34. The molecule has 0 aliphatic rings. The van der Waals surface area contributed by atoms with Crippen molar-refractivity contribution >= 4 is 6.03 Å². The van der Waals surface area contributed by atoms with E-state index in [1.165, 1.54) is 4.90 Å². The summed E-state index contributed by atoms with van der Waals surface area (Å²) in [6.07, 6.45) is 1.63. The highest BCUT2D eigenvalue weighted by Gasteiger charge is 2.03. The summed E-state index contributed by atoms with van der Waals surface area (Å²) in [7, 11) is 1.63. The number of H-pyrrole nitrogens is 1. The summed E-state index contributed by atoms with van der Waals surface area (Å²) in [4.78, 5) is 11.9. The molecular weight excluding hydrogens is 144 g/mol. The van der Waals surface area contributed by atoms with Crippen LogP contribution in [0.1, 0.15) is 5.69 Å². The average Bonchev–Trinajstić information content (AvgIpc) is 2.39. The molecular formula is C6H10N4O. The number of hydrogen-bond acceptors (Lipinski definition) is 2. The molecule has 0 fully saturated rings. The maximum atomic E-state index is 10.5. The fourth-order valence-electron chi connectivity index (χ4n) is 0.706. The summed E-state index contributed by atoms with van der Waals surface area (Å²) in [6.45, 7) is 0.468. The number of hydrogen-bond donors (Lipinski definition) is 2. The van der Waals surface area contributed by atoms with E-state index >= 15 is 0 Å². The third kappa shape index (κ3) is 1.96. The Bertz CT molecular complexity index is 231. The third-order valence-electron chi connectivity index (χ3n) is 1.34. The van der Waals surface area contributed by atoms with Crippen molar-refractivity contribution in [2.75, 3.05) is 7.05 Å². The molecule has 0 bridgehead atoms. The molecule has 60 valence electrons. The van der Waals surface area contributed by atoms with E-state index < -0.39 is 6.03 Å². The standard InChI is InChI=1S/C6H10N4O/c1-10(6(7)11)4-5-2-3-8-9-5/h2-3H,4H2,1H3,(H2,7,11)(H,8,9). The van der Waals surface area contributed by atoms with Crippen LogP contribution in [-0.4, -0.2) is 28.2 Å². The van der Waals surface area contributed by atoms with E-state index in [1.54, 1.807) is 19.3 Å². The number of carbonyl (C=O) groups is 1. The summed E-state index contributed by atoms with van der Waals surface area (Å²) in [5.74, 6) is 0. The molecule has 1 aromatic heterocycles. The van der Waals surface area contributed by atoms with Gasteiger partial charge in [-0.2, -0.15) is 5.10 Å². The minimum Gasteiger partial charge on any atom is -0.351 e. The van der Waals surface area contributed by atoms with Gasteiger partial charge in [0.2, 0.25) is 0 Å². The van der Waals surface area contributed by atoms with Gasteiger partial charge in [0.05, 0.1) is 12.2 Å². The molecule has 0 aliphatic carbocycles. The Morgan fingerprint density at radius 3 is 3.09 bits per heavy atom. The molecule has 3 N–H and O–H groups in total. The number of carbonyl (C=O) groups excluding carboxylic acids is 1. The lowest BCUT2D eigenvalue weighted by Crippen LogP contribution is -2.31. The predicted octanol–water partition coefficient (Wildman–Crippen LogP) is -0.0798. The van der Waals surface area contributed by atoms with Gasteiger partial charge in [0.1, 0.15) is 0 Å². The van der Waals surface area contributed by atoms with E-state index in [0.717, 1.165) is 5.69 Å². The van der Waals surface area contributed by atoms with E-state index in [2.05, 4.69) is 10.2 Å². The number of nitrogens with zero attached hydrogens (tertiary/aromatic N) is 2. The van der Waals surface area contributed by atoms with Crippen LogP contribution < -0.4 is 5.73 Å². The Hall–Kier alpha value is -1.52. The number of nitrogens with one attached hydrogen (secondary N) is 1. The number of urea groups is 1. The molecule has 5 heteroatoms. The van der Waals surface area contributed by atoms with Crippen LogP contribution in [0, 0.1) is 0 Å². The monoisotopic (exact) mass is 154 g/mol. The lowest BCUT2D eigenvalue weighted by Gasteiger charge is -2.11. The van der Waals surface area contributed by atoms with Gasteiger partial charge in [0.25, 0.3) is 0 Å². The van der Waals surface area contributed by atoms with Crippen molar-refractivity contribution in [3.05, 3.63) is 18.0 Å². The highest BCUT2D eigenvalue weighted by Crippen LogP contribution is 1.95. The lowest BCUT2D eigenvalue weighted by atomic mass is 10.4. The topological polar surface area (TPSA) is 75.0 Å². The van der Waals surface area contributed by atoms with Crippen molar-refractivity contribution in [3.8, 4) is 0 Å². The highest BCUT2D eigenvalue weighted by atomic mass is 16.2. The first-order chi connectivity index (χ1) is 5.20. The highest BCUT2D eigenvalue weighted by molar-refractivity contribution is 5.71. The Labute approximate surface area is 64.2 Å². The molecule has 11 heavy (non-hydrogen) atoms. The first-order valence-electron chi connectivity index (χ1n) is 3.19. The van der Waals surface area contributed by atoms with Gasteiger partial charge in [-0.3, -0.25) is 5.10 Å². The smallest absolute Gasteiger partial charge is 0.314 e. The first kappa shape index (κ1) is 7.59. The van der Waals surface area contributed by atoms with Gasteiger partial charge in [0, 0.05) is 13.2 Å². The van der Waals surface area contributed by atoms with Crippen molar-refractivity contribution in [1.82, 2.24) is 15.1 Å². The van der Waals surface area contributed by atoms with Crippen molar-refractivity contribution in [3.63, 3.8) is 0 Å². The van der Waals surface area contributed by atoms with Crippen molar-refractivity contribution < 1.29 is 4.79 Å². The maximum Gasteiger partial charge on any atom is 0.314 e. The first-order valence-corrected chi connectivity index (χ1v) is 3.19. The lowest BCUT2D eigenvalue weighted by molar-refractivity contribution is 0.216. The fourth-order valence-corrected chi connectivity index (χ4v) is 0.706. The largest absolute Gasteiger partial charge is 0.351 e. The quantitative estimate of drug-likeness (QED) is 0.625. The number of amides is 2. The van der Waals surface area contributed by atoms with E-state index in [-0.39, 0.29) is 0 Å². The molecule has 0 spiro atoms. The normalized spacial score (nSPS) is 9.55. The van der Waals surface area contributed by atoms with Crippen LogP contribution in [0.25, 0.3) is 0 Å². The van der Waals surface area contributed by atoms with Crippen LogP contribution in [0.4, 0.5) is 4.79 Å². The van der Waals surface area contributed by atoms with Gasteiger partial charge in [0.15, 0.2) is 0 Å². The number of rotatable bonds is 2. The van der Waals surface area contributed by atoms with Crippen LogP contribution in [0.5, 0.6) is 0 Å². The summed E-state index contributed by atoms with van der Waals surface area (Å²) in [5.41, 5.74) is 5.87. The van der Waals surface area contributed by atoms with Crippen LogP contribution in [0.2, 0.25) is 0 Å². The Kier molecular flexibility index (Phi) is 2.10. The molecule has 1 heterocycles. The summed E-state index contributed by atoms with van der Waals surface area (Å²) >= 11 is 0. The average molecular weight is 154 g/mol. The van der Waals surface area contributed by atoms with Crippen LogP contribution in [0.3, 0.4) is 0 Å². The molecule has 1 aromatic rings. The number of aromatic amines is 1. The molecule has 0 saturated heterocycles. The van der Waals surface area contributed by atoms with Crippen molar-refractivity contribution in [2.45, 2.75) is 6.54 Å². The summed E-state index contributed by atoms with van der Waals surface area (Å²) < 4.78 is 0. The Balaban J connectivity index is 2.50. The van der Waals surface area contributed by atoms with Gasteiger partial charge < -0.3 is 10.6 Å². The molecule has 0 atom stereocenters. The summed E-state index contributed by atoms with van der Waals surface area (Å²) in [6, 6.07) is 1.35. The number of aromatic nitrogens is 2. The van der Waals surface area contributed by atoms with Crippen molar-refractivity contribution in [2.24, 2.45) is 5.73 Å². The van der Waals surface area contributed by atoms with Crippen molar-refractivity contribution in [1.29, 1.82) is 0 Å². The van der Waals surface area contributed by atoms with Crippen LogP contribution >= 0.6 is 0 Å². The zero-order chi connectivity index (χ0) is 8.27. The molecule has 0 aliphatic heterocycles. The Morgan fingerprint density at radius 2 is 2.64 bits per heavy atom. The number of nitrogens with two attached hydrogens (primary N) is 1. The second-order valence-electron chi connectivity index (χ2n) is 2.28. The SMILES string of the molecule is CN(Cc1ccn[nH]1)C(N)=O. The second kappa shape index (κ2) is 3.05. The molecule has 0 radical (unpaired) electrons. The summed E-state index contributed by atoms with van der Waals surface area (Å²) in [5, 5.41) is 6.45. The van der Waals surface area contributed by atoms with Gasteiger partial charge >= 0.3 is 6.03 Å². The molecule has 1 rings (SSSR count).